The zero-order chi connectivity index (χ0) is 23.2. The Labute approximate surface area is 193 Å². The third-order valence-corrected chi connectivity index (χ3v) is 7.44. The number of ether oxygens (including phenoxy) is 1. The quantitative estimate of drug-likeness (QED) is 0.628. The summed E-state index contributed by atoms with van der Waals surface area (Å²) in [4.78, 5) is 29.3. The minimum absolute atomic E-state index is 0.103. The van der Waals surface area contributed by atoms with E-state index >= 15 is 0 Å². The molecule has 33 heavy (non-hydrogen) atoms. The molecule has 3 heterocycles. The van der Waals surface area contributed by atoms with E-state index in [0.717, 1.165) is 36.1 Å². The number of hydrogen-bond donors (Lipinski definition) is 1. The van der Waals surface area contributed by atoms with Crippen molar-refractivity contribution >= 4 is 22.9 Å². The monoisotopic (exact) mass is 449 g/mol. The first kappa shape index (κ1) is 21.6. The topological polar surface area (TPSA) is 76.7 Å². The minimum atomic E-state index is -1.05. The van der Waals surface area contributed by atoms with Crippen molar-refractivity contribution in [1.29, 1.82) is 0 Å². The molecule has 1 aliphatic heterocycles. The van der Waals surface area contributed by atoms with Crippen molar-refractivity contribution in [2.24, 2.45) is 5.92 Å². The Hall–Kier alpha value is -3.22. The molecule has 2 amide bonds. The van der Waals surface area contributed by atoms with Crippen LogP contribution in [0, 0.1) is 5.92 Å². The van der Waals surface area contributed by atoms with Gasteiger partial charge in [-0.05, 0) is 43.4 Å². The molecule has 3 aromatic rings. The van der Waals surface area contributed by atoms with Crippen LogP contribution in [0.1, 0.15) is 55.6 Å². The second kappa shape index (κ2) is 8.28. The molecule has 1 fully saturated rings. The van der Waals surface area contributed by atoms with Gasteiger partial charge in [0.05, 0.1) is 25.4 Å². The molecule has 5 rings (SSSR count). The third-order valence-electron chi connectivity index (χ3n) is 7.44. The minimum Gasteiger partial charge on any atom is -0.497 e. The Balaban J connectivity index is 1.53. The molecular weight excluding hydrogens is 418 g/mol. The van der Waals surface area contributed by atoms with Gasteiger partial charge in [0.25, 0.3) is 5.91 Å². The number of rotatable bonds is 5. The number of hydrogen-bond acceptors (Lipinski definition) is 4. The van der Waals surface area contributed by atoms with E-state index in [1.54, 1.807) is 24.3 Å². The lowest BCUT2D eigenvalue weighted by molar-refractivity contribution is -0.134. The van der Waals surface area contributed by atoms with E-state index in [2.05, 4.69) is 12.2 Å². The second-order valence-corrected chi connectivity index (χ2v) is 9.64. The highest BCUT2D eigenvalue weighted by atomic mass is 16.5. The number of fused-ring (bicyclic) bond motifs is 3. The van der Waals surface area contributed by atoms with Gasteiger partial charge in [0, 0.05) is 24.7 Å². The van der Waals surface area contributed by atoms with Crippen LogP contribution in [0.15, 0.2) is 47.1 Å². The number of carbonyl (C=O) groups excluding carboxylic acids is 2. The number of nitrogens with zero attached hydrogens (tertiary/aromatic N) is 2. The van der Waals surface area contributed by atoms with Gasteiger partial charge in [-0.15, -0.1) is 0 Å². The average molecular weight is 450 g/mol. The average Bonchev–Trinajstić information content (AvgIpc) is 3.41. The lowest BCUT2D eigenvalue weighted by Gasteiger charge is -2.45. The Morgan fingerprint density at radius 1 is 1.24 bits per heavy atom. The first-order chi connectivity index (χ1) is 15.9. The van der Waals surface area contributed by atoms with Crippen LogP contribution in [-0.4, -0.2) is 40.0 Å². The molecule has 174 valence electrons. The van der Waals surface area contributed by atoms with Crippen LogP contribution in [0.25, 0.3) is 11.1 Å². The normalized spacial score (nSPS) is 25.2. The van der Waals surface area contributed by atoms with E-state index in [1.165, 1.54) is 6.42 Å². The highest BCUT2D eigenvalue weighted by Gasteiger charge is 2.48. The highest BCUT2D eigenvalue weighted by molar-refractivity contribution is 6.02. The van der Waals surface area contributed by atoms with Crippen LogP contribution >= 0.6 is 0 Å². The summed E-state index contributed by atoms with van der Waals surface area (Å²) < 4.78 is 12.9. The predicted molar refractivity (Wildman–Crippen MR) is 125 cm³/mol. The van der Waals surface area contributed by atoms with E-state index in [9.17, 15) is 9.59 Å². The van der Waals surface area contributed by atoms with Crippen molar-refractivity contribution in [3.05, 3.63) is 53.9 Å². The molecule has 1 N–H and O–H groups in total. The van der Waals surface area contributed by atoms with Gasteiger partial charge >= 0.3 is 0 Å². The van der Waals surface area contributed by atoms with Crippen LogP contribution < -0.4 is 10.1 Å². The summed E-state index contributed by atoms with van der Waals surface area (Å²) in [6.07, 6.45) is 6.04. The molecule has 1 aliphatic carbocycles. The molecule has 3 atom stereocenters. The van der Waals surface area contributed by atoms with Crippen LogP contribution in [-0.2, 0) is 17.9 Å². The van der Waals surface area contributed by atoms with Gasteiger partial charge in [0.15, 0.2) is 5.58 Å². The van der Waals surface area contributed by atoms with Crippen molar-refractivity contribution in [1.82, 2.24) is 14.8 Å². The Bertz CT molecular complexity index is 1200. The van der Waals surface area contributed by atoms with Crippen LogP contribution in [0.3, 0.4) is 0 Å². The van der Waals surface area contributed by atoms with Crippen LogP contribution in [0.2, 0.25) is 0 Å². The highest BCUT2D eigenvalue weighted by Crippen LogP contribution is 2.35. The number of benzene rings is 1. The first-order valence-electron chi connectivity index (χ1n) is 11.7. The molecule has 1 aromatic carbocycles. The Morgan fingerprint density at radius 3 is 2.85 bits per heavy atom. The number of methoxy groups -OCH3 is 1. The molecule has 0 bridgehead atoms. The van der Waals surface area contributed by atoms with Crippen molar-refractivity contribution in [3.8, 4) is 5.75 Å². The summed E-state index contributed by atoms with van der Waals surface area (Å²) in [6, 6.07) is 11.4. The number of furan rings is 1. The SMILES string of the molecule is COc1cccc(CN2C(=O)c3cc4occc4n3CC2(C)C(=O)NC2CCCCC2C)c1. The number of carbonyl (C=O) groups is 2. The summed E-state index contributed by atoms with van der Waals surface area (Å²) in [7, 11) is 1.62. The standard InChI is InChI=1S/C26H31N3O4/c1-17-7-4-5-10-20(17)27-25(31)26(2)16-28-21-11-12-33-23(21)14-22(28)24(30)29(26)15-18-8-6-9-19(13-18)32-3/h6,8-9,11-14,17,20H,4-5,7,10,15-16H2,1-3H3,(H,27,31). The third kappa shape index (κ3) is 3.69. The molecular formula is C26H31N3O4. The summed E-state index contributed by atoms with van der Waals surface area (Å²) in [5.74, 6) is 0.874. The molecule has 7 heteroatoms. The maximum absolute atomic E-state index is 13.8. The Morgan fingerprint density at radius 2 is 2.06 bits per heavy atom. The van der Waals surface area contributed by atoms with Gasteiger partial charge in [-0.25, -0.2) is 0 Å². The fourth-order valence-electron chi connectivity index (χ4n) is 5.33. The summed E-state index contributed by atoms with van der Waals surface area (Å²) >= 11 is 0. The van der Waals surface area contributed by atoms with Crippen LogP contribution in [0.4, 0.5) is 0 Å². The van der Waals surface area contributed by atoms with Gasteiger partial charge < -0.3 is 23.9 Å². The molecule has 0 spiro atoms. The van der Waals surface area contributed by atoms with Crippen LogP contribution in [0.5, 0.6) is 5.75 Å². The molecule has 0 radical (unpaired) electrons. The summed E-state index contributed by atoms with van der Waals surface area (Å²) in [6.45, 7) is 4.76. The van der Waals surface area contributed by atoms with E-state index in [4.69, 9.17) is 9.15 Å². The summed E-state index contributed by atoms with van der Waals surface area (Å²) in [5.41, 5.74) is 1.91. The molecule has 0 saturated heterocycles. The van der Waals surface area contributed by atoms with Gasteiger partial charge in [0.1, 0.15) is 17.0 Å². The van der Waals surface area contributed by atoms with Gasteiger partial charge in [-0.2, -0.15) is 0 Å². The largest absolute Gasteiger partial charge is 0.497 e. The lowest BCUT2D eigenvalue weighted by Crippen LogP contribution is -2.65. The number of nitrogens with one attached hydrogen (secondary N) is 1. The maximum atomic E-state index is 13.8. The molecule has 2 aliphatic rings. The number of aromatic nitrogens is 1. The first-order valence-corrected chi connectivity index (χ1v) is 11.7. The second-order valence-electron chi connectivity index (χ2n) is 9.64. The molecule has 3 unspecified atom stereocenters. The van der Waals surface area contributed by atoms with Gasteiger partial charge in [-0.1, -0.05) is 31.9 Å². The van der Waals surface area contributed by atoms with Crippen molar-refractivity contribution in [3.63, 3.8) is 0 Å². The maximum Gasteiger partial charge on any atom is 0.271 e. The smallest absolute Gasteiger partial charge is 0.271 e. The van der Waals surface area contributed by atoms with E-state index in [0.29, 0.717) is 30.3 Å². The zero-order valence-electron chi connectivity index (χ0n) is 19.5. The van der Waals surface area contributed by atoms with E-state index in [-0.39, 0.29) is 17.9 Å². The molecule has 2 aromatic heterocycles. The fraction of sp³-hybridized carbons (Fsp3) is 0.462. The van der Waals surface area contributed by atoms with Crippen molar-refractivity contribution in [2.45, 2.75) is 64.2 Å². The van der Waals surface area contributed by atoms with Gasteiger partial charge in [0.2, 0.25) is 5.91 Å². The predicted octanol–water partition coefficient (Wildman–Crippen LogP) is 4.35. The molecule has 7 nitrogen and oxygen atoms in total. The molecule has 1 saturated carbocycles. The van der Waals surface area contributed by atoms with E-state index in [1.807, 2.05) is 41.8 Å². The lowest BCUT2D eigenvalue weighted by atomic mass is 9.85. The van der Waals surface area contributed by atoms with Gasteiger partial charge in [-0.3, -0.25) is 9.59 Å². The zero-order valence-corrected chi connectivity index (χ0v) is 19.5. The fourth-order valence-corrected chi connectivity index (χ4v) is 5.33. The number of amides is 2. The Kier molecular flexibility index (Phi) is 5.43. The van der Waals surface area contributed by atoms with E-state index < -0.39 is 5.54 Å². The summed E-state index contributed by atoms with van der Waals surface area (Å²) in [5, 5.41) is 3.31. The van der Waals surface area contributed by atoms with Crippen molar-refractivity contribution < 1.29 is 18.7 Å². The van der Waals surface area contributed by atoms with Crippen molar-refractivity contribution in [2.75, 3.05) is 7.11 Å².